The minimum absolute atomic E-state index is 0.796. The predicted molar refractivity (Wildman–Crippen MR) is 308 cm³/mol. The molecule has 15 rings (SSSR count). The number of anilines is 6. The molecule has 0 amide bonds. The van der Waals surface area contributed by atoms with Gasteiger partial charge in [-0.3, -0.25) is 0 Å². The Morgan fingerprint density at radius 2 is 0.649 bits per heavy atom. The van der Waals surface area contributed by atoms with Crippen molar-refractivity contribution >= 4 is 143 Å². The van der Waals surface area contributed by atoms with E-state index in [1.165, 1.54) is 33.4 Å². The molecule has 74 heavy (non-hydrogen) atoms. The molecule has 15 aromatic rings. The van der Waals surface area contributed by atoms with Gasteiger partial charge in [0.25, 0.3) is 0 Å². The molecule has 4 heterocycles. The lowest BCUT2D eigenvalue weighted by molar-refractivity contribution is 0.666. The maximum atomic E-state index is 7.08. The molecule has 0 aliphatic rings. The average molecular weight is 957 g/mol. The topological polar surface area (TPSA) is 59.0 Å². The van der Waals surface area contributed by atoms with E-state index in [4.69, 9.17) is 17.7 Å². The van der Waals surface area contributed by atoms with Gasteiger partial charge in [0.15, 0.2) is 0 Å². The van der Waals surface area contributed by atoms with Gasteiger partial charge in [-0.15, -0.1) is 0 Å². The molecule has 0 radical (unpaired) electrons. The number of hydrogen-bond donors (Lipinski definition) is 0. The number of para-hydroxylation sites is 2. The number of rotatable bonds is 6. The molecule has 6 heteroatoms. The zero-order valence-corrected chi connectivity index (χ0v) is 41.8. The van der Waals surface area contributed by atoms with Crippen LogP contribution < -0.4 is 9.80 Å². The van der Waals surface area contributed by atoms with Crippen LogP contribution in [0.15, 0.2) is 200 Å². The fraction of sp³-hybridized carbons (Fsp3) is 0.0882. The minimum Gasteiger partial charge on any atom is -0.456 e. The molecule has 354 valence electrons. The van der Waals surface area contributed by atoms with E-state index in [-0.39, 0.29) is 0 Å². The monoisotopic (exact) mass is 956 g/mol. The van der Waals surface area contributed by atoms with Crippen LogP contribution in [0.4, 0.5) is 34.1 Å². The Bertz CT molecular complexity index is 4840. The third-order valence-corrected chi connectivity index (χ3v) is 16.1. The smallest absolute Gasteiger partial charge is 0.147 e. The second-order valence-electron chi connectivity index (χ2n) is 20.4. The van der Waals surface area contributed by atoms with Crippen LogP contribution in [0.1, 0.15) is 33.4 Å². The van der Waals surface area contributed by atoms with E-state index in [0.717, 1.165) is 143 Å². The Morgan fingerprint density at radius 3 is 1.18 bits per heavy atom. The van der Waals surface area contributed by atoms with E-state index in [1.54, 1.807) is 0 Å². The van der Waals surface area contributed by atoms with Crippen molar-refractivity contribution < 1.29 is 17.7 Å². The summed E-state index contributed by atoms with van der Waals surface area (Å²) in [6.07, 6.45) is 0. The molecule has 0 saturated carbocycles. The summed E-state index contributed by atoms with van der Waals surface area (Å²) in [7, 11) is 0. The van der Waals surface area contributed by atoms with Gasteiger partial charge in [-0.2, -0.15) is 0 Å². The van der Waals surface area contributed by atoms with Crippen LogP contribution in [0.3, 0.4) is 0 Å². The Labute approximate surface area is 425 Å². The van der Waals surface area contributed by atoms with Gasteiger partial charge in [0.2, 0.25) is 0 Å². The summed E-state index contributed by atoms with van der Waals surface area (Å²) < 4.78 is 26.5. The Morgan fingerprint density at radius 1 is 0.257 bits per heavy atom. The van der Waals surface area contributed by atoms with Crippen LogP contribution in [0.25, 0.3) is 109 Å². The van der Waals surface area contributed by atoms with E-state index in [2.05, 4.69) is 209 Å². The largest absolute Gasteiger partial charge is 0.456 e. The molecule has 0 saturated heterocycles. The Hall–Kier alpha value is -9.26. The number of benzene rings is 11. The summed E-state index contributed by atoms with van der Waals surface area (Å²) in [5.41, 5.74) is 20.9. The highest BCUT2D eigenvalue weighted by Gasteiger charge is 2.23. The fourth-order valence-electron chi connectivity index (χ4n) is 11.8. The first-order valence-electron chi connectivity index (χ1n) is 25.4. The van der Waals surface area contributed by atoms with E-state index >= 15 is 0 Å². The van der Waals surface area contributed by atoms with Crippen molar-refractivity contribution in [3.8, 4) is 0 Å². The number of furan rings is 4. The van der Waals surface area contributed by atoms with E-state index in [0.29, 0.717) is 0 Å². The first kappa shape index (κ1) is 42.4. The molecule has 0 aliphatic heterocycles. The first-order chi connectivity index (χ1) is 36.1. The number of fused-ring (bicyclic) bond motifs is 17. The highest BCUT2D eigenvalue weighted by atomic mass is 16.3. The van der Waals surface area contributed by atoms with Crippen LogP contribution >= 0.6 is 0 Å². The molecule has 0 atom stereocenters. The normalized spacial score (nSPS) is 12.2. The third kappa shape index (κ3) is 6.24. The van der Waals surface area contributed by atoms with Gasteiger partial charge in [-0.05, 0) is 219 Å². The van der Waals surface area contributed by atoms with Gasteiger partial charge >= 0.3 is 0 Å². The van der Waals surface area contributed by atoms with E-state index in [1.807, 2.05) is 24.3 Å². The lowest BCUT2D eigenvalue weighted by Gasteiger charge is -2.27. The molecule has 6 nitrogen and oxygen atoms in total. The van der Waals surface area contributed by atoms with Crippen LogP contribution in [0.5, 0.6) is 0 Å². The van der Waals surface area contributed by atoms with Crippen molar-refractivity contribution in [1.82, 2.24) is 0 Å². The highest BCUT2D eigenvalue weighted by molar-refractivity contribution is 6.27. The predicted octanol–water partition coefficient (Wildman–Crippen LogP) is 20.4. The number of aryl methyl sites for hydroxylation is 4. The summed E-state index contributed by atoms with van der Waals surface area (Å²) in [6.45, 7) is 13.2. The van der Waals surface area contributed by atoms with Crippen LogP contribution in [-0.4, -0.2) is 0 Å². The van der Waals surface area contributed by atoms with Gasteiger partial charge in [0, 0.05) is 82.6 Å². The highest BCUT2D eigenvalue weighted by Crippen LogP contribution is 2.47. The molecule has 0 unspecified atom stereocenters. The van der Waals surface area contributed by atoms with Gasteiger partial charge in [0.05, 0.1) is 5.39 Å². The van der Waals surface area contributed by atoms with Gasteiger partial charge in [-0.1, -0.05) is 48.5 Å². The van der Waals surface area contributed by atoms with Gasteiger partial charge in [0.1, 0.15) is 44.7 Å². The second-order valence-corrected chi connectivity index (χ2v) is 20.4. The summed E-state index contributed by atoms with van der Waals surface area (Å²) in [5, 5.41) is 12.8. The van der Waals surface area contributed by atoms with Crippen LogP contribution in [-0.2, 0) is 0 Å². The number of hydrogen-bond acceptors (Lipinski definition) is 6. The van der Waals surface area contributed by atoms with Crippen LogP contribution in [0, 0.1) is 41.5 Å². The van der Waals surface area contributed by atoms with Crippen molar-refractivity contribution in [2.45, 2.75) is 41.5 Å². The van der Waals surface area contributed by atoms with Gasteiger partial charge < -0.3 is 27.5 Å². The SMILES string of the molecule is Cc1cc(N(c2ccc3c(ccc4c5ccc6oc7c8ccc(N(c9cc(C)c(C)c(C)c9)c9ccc%10oc%11ccccc%11c%10c9)cc8ccc7c6c5oc34)c2)c2ccc3oc4ccccc4c3c2)cc(C)c1C. The standard InChI is InChI=1S/C68H48N2O4/c1-37-29-49(30-38(2)41(37)5)69(47-19-26-62-58(35-47)53-11-7-9-13-60(53)71-62)45-17-23-51-43(33-45)15-21-55-56-25-28-64-65(68(56)74-66(51)55)57-22-16-44-34-46(18-24-52(44)67(57)73-64)70(50-31-39(3)42(6)40(4)32-50)48-20-27-63-59(36-48)54-12-8-10-14-61(54)72-63/h7-36H,1-6H3. The maximum Gasteiger partial charge on any atom is 0.147 e. The van der Waals surface area contributed by atoms with Crippen molar-refractivity contribution in [3.63, 3.8) is 0 Å². The molecule has 0 fully saturated rings. The zero-order valence-electron chi connectivity index (χ0n) is 41.8. The third-order valence-electron chi connectivity index (χ3n) is 16.1. The Balaban J connectivity index is 0.858. The average Bonchev–Trinajstić information content (AvgIpc) is 4.22. The summed E-state index contributed by atoms with van der Waals surface area (Å²) >= 11 is 0. The molecule has 0 aliphatic carbocycles. The molecular weight excluding hydrogens is 909 g/mol. The minimum atomic E-state index is 0.796. The zero-order chi connectivity index (χ0) is 49.7. The van der Waals surface area contributed by atoms with Crippen LogP contribution in [0.2, 0.25) is 0 Å². The van der Waals surface area contributed by atoms with Gasteiger partial charge in [-0.25, -0.2) is 0 Å². The molecule has 0 N–H and O–H groups in total. The molecule has 4 aromatic heterocycles. The summed E-state index contributed by atoms with van der Waals surface area (Å²) in [6, 6.07) is 65.3. The number of nitrogens with zero attached hydrogens (tertiary/aromatic N) is 2. The van der Waals surface area contributed by atoms with Crippen molar-refractivity contribution in [2.75, 3.05) is 9.80 Å². The first-order valence-corrected chi connectivity index (χ1v) is 25.4. The van der Waals surface area contributed by atoms with E-state index < -0.39 is 0 Å². The van der Waals surface area contributed by atoms with Crippen molar-refractivity contribution in [2.24, 2.45) is 0 Å². The lowest BCUT2D eigenvalue weighted by atomic mass is 10.0. The fourth-order valence-corrected chi connectivity index (χ4v) is 11.8. The summed E-state index contributed by atoms with van der Waals surface area (Å²) in [4.78, 5) is 4.72. The molecule has 0 spiro atoms. The quantitative estimate of drug-likeness (QED) is 0.165. The molecule has 11 aromatic carbocycles. The van der Waals surface area contributed by atoms with Crippen molar-refractivity contribution in [1.29, 1.82) is 0 Å². The van der Waals surface area contributed by atoms with Crippen molar-refractivity contribution in [3.05, 3.63) is 215 Å². The maximum absolute atomic E-state index is 7.08. The molecule has 0 bridgehead atoms. The summed E-state index contributed by atoms with van der Waals surface area (Å²) in [5.74, 6) is 0. The Kier molecular flexibility index (Phi) is 8.95. The second kappa shape index (κ2) is 15.6. The molecular formula is C68H48N2O4. The van der Waals surface area contributed by atoms with E-state index in [9.17, 15) is 0 Å². The lowest BCUT2D eigenvalue weighted by Crippen LogP contribution is -2.11.